The lowest BCUT2D eigenvalue weighted by Gasteiger charge is -2.22. The van der Waals surface area contributed by atoms with Gasteiger partial charge in [0.05, 0.1) is 0 Å². The van der Waals surface area contributed by atoms with E-state index < -0.39 is 0 Å². The first-order valence-corrected chi connectivity index (χ1v) is 8.05. The van der Waals surface area contributed by atoms with Gasteiger partial charge in [0.15, 0.2) is 0 Å². The molecule has 0 unspecified atom stereocenters. The van der Waals surface area contributed by atoms with E-state index in [-0.39, 0.29) is 12.1 Å². The highest BCUT2D eigenvalue weighted by molar-refractivity contribution is 5.62. The van der Waals surface area contributed by atoms with Crippen LogP contribution in [0.5, 0.6) is 5.75 Å². The van der Waals surface area contributed by atoms with Gasteiger partial charge in [-0.1, -0.05) is 18.2 Å². The van der Waals surface area contributed by atoms with Crippen LogP contribution in [0.15, 0.2) is 42.2 Å². The van der Waals surface area contributed by atoms with Gasteiger partial charge in [-0.15, -0.1) is 0 Å². The van der Waals surface area contributed by atoms with Crippen LogP contribution < -0.4 is 10.1 Å². The molecule has 1 N–H and O–H groups in total. The summed E-state index contributed by atoms with van der Waals surface area (Å²) >= 11 is 0. The summed E-state index contributed by atoms with van der Waals surface area (Å²) < 4.78 is 13.7. The molecule has 2 aliphatic heterocycles. The maximum absolute atomic E-state index is 5.89. The normalized spacial score (nSPS) is 23.3. The molecule has 0 saturated carbocycles. The Labute approximate surface area is 135 Å². The van der Waals surface area contributed by atoms with Crippen LogP contribution in [0.1, 0.15) is 23.9 Å². The number of para-hydroxylation sites is 1. The van der Waals surface area contributed by atoms with Gasteiger partial charge in [-0.3, -0.25) is 0 Å². The Morgan fingerprint density at radius 3 is 3.13 bits per heavy atom. The quantitative estimate of drug-likeness (QED) is 0.941. The topological polar surface area (TPSA) is 48.3 Å². The number of nitrogens with one attached hydrogen (secondary N) is 1. The lowest BCUT2D eigenvalue weighted by atomic mass is 10.1. The van der Waals surface area contributed by atoms with Crippen LogP contribution in [0.4, 0.5) is 0 Å². The molecular weight excluding hydrogens is 290 g/mol. The number of benzene rings is 1. The van der Waals surface area contributed by atoms with Gasteiger partial charge in [0.2, 0.25) is 0 Å². The molecular formula is C18H21N3O2. The molecule has 1 aromatic heterocycles. The fourth-order valence-electron chi connectivity index (χ4n) is 3.23. The molecule has 120 valence electrons. The molecule has 5 heteroatoms. The van der Waals surface area contributed by atoms with Crippen molar-refractivity contribution in [1.82, 2.24) is 14.9 Å². The average Bonchev–Trinajstić information content (AvgIpc) is 3.21. The van der Waals surface area contributed by atoms with Crippen LogP contribution in [-0.4, -0.2) is 35.4 Å². The van der Waals surface area contributed by atoms with Crippen LogP contribution in [-0.2, 0) is 11.8 Å². The van der Waals surface area contributed by atoms with E-state index in [9.17, 15) is 0 Å². The van der Waals surface area contributed by atoms with E-state index in [1.54, 1.807) is 0 Å². The molecule has 23 heavy (non-hydrogen) atoms. The monoisotopic (exact) mass is 311 g/mol. The molecule has 2 aromatic rings. The van der Waals surface area contributed by atoms with Crippen molar-refractivity contribution in [1.29, 1.82) is 0 Å². The van der Waals surface area contributed by atoms with E-state index in [4.69, 9.17) is 9.47 Å². The van der Waals surface area contributed by atoms with E-state index in [0.717, 1.165) is 36.7 Å². The lowest BCUT2D eigenvalue weighted by Crippen LogP contribution is -2.35. The highest BCUT2D eigenvalue weighted by Crippen LogP contribution is 2.29. The first-order chi connectivity index (χ1) is 11.3. The molecule has 3 heterocycles. The van der Waals surface area contributed by atoms with Crippen molar-refractivity contribution < 1.29 is 9.47 Å². The van der Waals surface area contributed by atoms with Crippen molar-refractivity contribution in [2.45, 2.75) is 18.6 Å². The minimum absolute atomic E-state index is 0.0207. The lowest BCUT2D eigenvalue weighted by molar-refractivity contribution is 0.0900. The van der Waals surface area contributed by atoms with Crippen molar-refractivity contribution >= 4 is 6.08 Å². The Kier molecular flexibility index (Phi) is 3.89. The zero-order valence-corrected chi connectivity index (χ0v) is 13.2. The molecule has 1 saturated heterocycles. The van der Waals surface area contributed by atoms with E-state index in [2.05, 4.69) is 22.4 Å². The number of imidazole rings is 1. The maximum Gasteiger partial charge on any atom is 0.139 e. The Morgan fingerprint density at radius 2 is 2.26 bits per heavy atom. The van der Waals surface area contributed by atoms with Gasteiger partial charge in [-0.2, -0.15) is 0 Å². The summed E-state index contributed by atoms with van der Waals surface area (Å²) in [6, 6.07) is 8.43. The molecule has 1 aromatic carbocycles. The molecule has 0 radical (unpaired) electrons. The number of hydrogen-bond acceptors (Lipinski definition) is 4. The SMILES string of the molecule is Cn1ccnc1[C@H]1OCC[C@@H]1NCC1=Cc2ccccc2OC1. The first kappa shape index (κ1) is 14.5. The van der Waals surface area contributed by atoms with Crippen LogP contribution in [0.3, 0.4) is 0 Å². The number of hydrogen-bond donors (Lipinski definition) is 1. The molecule has 2 aliphatic rings. The summed E-state index contributed by atoms with van der Waals surface area (Å²) in [7, 11) is 2.01. The number of fused-ring (bicyclic) bond motifs is 1. The second-order valence-corrected chi connectivity index (χ2v) is 6.09. The molecule has 0 aliphatic carbocycles. The standard InChI is InChI=1S/C18H21N3O2/c1-21-8-7-19-18(21)17-15(6-9-22-17)20-11-13-10-14-4-2-3-5-16(14)23-12-13/h2-5,7-8,10,15,17,20H,6,9,11-12H2,1H3/t15-,17-/m0/s1. The summed E-state index contributed by atoms with van der Waals surface area (Å²) in [4.78, 5) is 4.43. The predicted octanol–water partition coefficient (Wildman–Crippen LogP) is 2.32. The van der Waals surface area contributed by atoms with Crippen molar-refractivity contribution in [3.05, 3.63) is 53.6 Å². The maximum atomic E-state index is 5.89. The van der Waals surface area contributed by atoms with Crippen molar-refractivity contribution in [2.24, 2.45) is 7.05 Å². The molecule has 4 rings (SSSR count). The Balaban J connectivity index is 1.43. The fraction of sp³-hybridized carbons (Fsp3) is 0.389. The number of aromatic nitrogens is 2. The number of nitrogens with zero attached hydrogens (tertiary/aromatic N) is 2. The van der Waals surface area contributed by atoms with Crippen molar-refractivity contribution in [2.75, 3.05) is 19.8 Å². The van der Waals surface area contributed by atoms with Gasteiger partial charge < -0.3 is 19.4 Å². The second kappa shape index (κ2) is 6.18. The van der Waals surface area contributed by atoms with Gasteiger partial charge in [-0.05, 0) is 24.1 Å². The summed E-state index contributed by atoms with van der Waals surface area (Å²) in [5.74, 6) is 1.95. The zero-order valence-electron chi connectivity index (χ0n) is 13.2. The minimum Gasteiger partial charge on any atom is -0.489 e. The van der Waals surface area contributed by atoms with Crippen LogP contribution in [0.25, 0.3) is 6.08 Å². The molecule has 1 fully saturated rings. The van der Waals surface area contributed by atoms with Gasteiger partial charge in [0, 0.05) is 44.2 Å². The minimum atomic E-state index is 0.0207. The average molecular weight is 311 g/mol. The van der Waals surface area contributed by atoms with Crippen LogP contribution in [0, 0.1) is 0 Å². The van der Waals surface area contributed by atoms with E-state index in [0.29, 0.717) is 6.61 Å². The summed E-state index contributed by atoms with van der Waals surface area (Å²) in [6.07, 6.45) is 7.03. The van der Waals surface area contributed by atoms with E-state index in [1.807, 2.05) is 42.2 Å². The summed E-state index contributed by atoms with van der Waals surface area (Å²) in [6.45, 7) is 2.22. The van der Waals surface area contributed by atoms with Crippen LogP contribution in [0.2, 0.25) is 0 Å². The third kappa shape index (κ3) is 2.90. The van der Waals surface area contributed by atoms with Crippen LogP contribution >= 0.6 is 0 Å². The fourth-order valence-corrected chi connectivity index (χ4v) is 3.23. The zero-order chi connectivity index (χ0) is 15.6. The van der Waals surface area contributed by atoms with Crippen molar-refractivity contribution in [3.8, 4) is 5.75 Å². The largest absolute Gasteiger partial charge is 0.489 e. The number of rotatable bonds is 4. The number of aryl methyl sites for hydroxylation is 1. The Hall–Kier alpha value is -2.11. The third-order valence-corrected chi connectivity index (χ3v) is 4.49. The smallest absolute Gasteiger partial charge is 0.139 e. The number of ether oxygens (including phenoxy) is 2. The van der Waals surface area contributed by atoms with Gasteiger partial charge >= 0.3 is 0 Å². The van der Waals surface area contributed by atoms with Gasteiger partial charge in [0.1, 0.15) is 24.3 Å². The highest BCUT2D eigenvalue weighted by atomic mass is 16.5. The third-order valence-electron chi connectivity index (χ3n) is 4.49. The Bertz CT molecular complexity index is 723. The van der Waals surface area contributed by atoms with Gasteiger partial charge in [-0.25, -0.2) is 4.98 Å². The molecule has 0 bridgehead atoms. The summed E-state index contributed by atoms with van der Waals surface area (Å²) in [5.41, 5.74) is 2.41. The highest BCUT2D eigenvalue weighted by Gasteiger charge is 2.32. The van der Waals surface area contributed by atoms with E-state index in [1.165, 1.54) is 5.57 Å². The Morgan fingerprint density at radius 1 is 1.35 bits per heavy atom. The van der Waals surface area contributed by atoms with Crippen molar-refractivity contribution in [3.63, 3.8) is 0 Å². The first-order valence-electron chi connectivity index (χ1n) is 8.05. The van der Waals surface area contributed by atoms with E-state index >= 15 is 0 Å². The van der Waals surface area contributed by atoms with Gasteiger partial charge in [0.25, 0.3) is 0 Å². The molecule has 0 amide bonds. The second-order valence-electron chi connectivity index (χ2n) is 6.09. The molecule has 5 nitrogen and oxygen atoms in total. The molecule has 2 atom stereocenters. The predicted molar refractivity (Wildman–Crippen MR) is 88.2 cm³/mol. The molecule has 0 spiro atoms. The summed E-state index contributed by atoms with van der Waals surface area (Å²) in [5, 5.41) is 3.62.